The maximum Gasteiger partial charge on any atom is 0.225 e. The van der Waals surface area contributed by atoms with Crippen molar-refractivity contribution in [1.82, 2.24) is 10.2 Å². The Balaban J connectivity index is 1.33. The fourth-order valence-electron chi connectivity index (χ4n) is 3.55. The molecule has 1 aliphatic carbocycles. The van der Waals surface area contributed by atoms with Crippen molar-refractivity contribution in [3.05, 3.63) is 29.1 Å². The fraction of sp³-hybridized carbons (Fsp3) is 0.556. The van der Waals surface area contributed by atoms with Gasteiger partial charge in [0.2, 0.25) is 11.8 Å². The van der Waals surface area contributed by atoms with Crippen molar-refractivity contribution in [3.8, 4) is 5.75 Å². The second-order valence-electron chi connectivity index (χ2n) is 6.88. The molecule has 2 amide bonds. The minimum Gasteiger partial charge on any atom is -0.467 e. The molecule has 6 nitrogen and oxygen atoms in total. The third-order valence-electron chi connectivity index (χ3n) is 4.96. The molecule has 0 unspecified atom stereocenters. The van der Waals surface area contributed by atoms with Gasteiger partial charge in [-0.1, -0.05) is 0 Å². The molecule has 1 atom stereocenters. The van der Waals surface area contributed by atoms with Gasteiger partial charge in [-0.2, -0.15) is 0 Å². The summed E-state index contributed by atoms with van der Waals surface area (Å²) in [6.45, 7) is 1.38. The highest BCUT2D eigenvalue weighted by Gasteiger charge is 2.41. The van der Waals surface area contributed by atoms with Crippen LogP contribution in [-0.2, 0) is 27.4 Å². The number of benzene rings is 1. The first-order chi connectivity index (χ1) is 12.1. The van der Waals surface area contributed by atoms with Gasteiger partial charge in [0.15, 0.2) is 6.79 Å². The summed E-state index contributed by atoms with van der Waals surface area (Å²) in [7, 11) is 0. The molecule has 0 spiro atoms. The Morgan fingerprint density at radius 3 is 3.00 bits per heavy atom. The van der Waals surface area contributed by atoms with Crippen LogP contribution in [0.1, 0.15) is 30.4 Å². The second kappa shape index (κ2) is 6.63. The van der Waals surface area contributed by atoms with Crippen LogP contribution in [0, 0.1) is 11.7 Å². The number of ether oxygens (including phenoxy) is 2. The highest BCUT2D eigenvalue weighted by atomic mass is 19.1. The SMILES string of the molecule is O=C(NCCc1cc(F)cc2c1OCOC2)[C@H]1CC(=O)N(C2CC2)C1. The van der Waals surface area contributed by atoms with Crippen LogP contribution >= 0.6 is 0 Å². The summed E-state index contributed by atoms with van der Waals surface area (Å²) in [6, 6.07) is 3.20. The zero-order chi connectivity index (χ0) is 17.4. The summed E-state index contributed by atoms with van der Waals surface area (Å²) in [6.07, 6.45) is 2.86. The maximum absolute atomic E-state index is 13.7. The Bertz CT molecular complexity index is 705. The number of amides is 2. The molecule has 2 fully saturated rings. The van der Waals surface area contributed by atoms with Crippen LogP contribution in [0.5, 0.6) is 5.75 Å². The summed E-state index contributed by atoms with van der Waals surface area (Å²) in [5.41, 5.74) is 1.41. The van der Waals surface area contributed by atoms with E-state index in [1.165, 1.54) is 12.1 Å². The average Bonchev–Trinajstić information content (AvgIpc) is 3.36. The number of nitrogens with one attached hydrogen (secondary N) is 1. The summed E-state index contributed by atoms with van der Waals surface area (Å²) >= 11 is 0. The van der Waals surface area contributed by atoms with Gasteiger partial charge in [-0.15, -0.1) is 0 Å². The zero-order valence-electron chi connectivity index (χ0n) is 13.9. The summed E-state index contributed by atoms with van der Waals surface area (Å²) < 4.78 is 24.4. The normalized spacial score (nSPS) is 22.5. The van der Waals surface area contributed by atoms with E-state index in [-0.39, 0.29) is 36.8 Å². The van der Waals surface area contributed by atoms with Gasteiger partial charge < -0.3 is 19.7 Å². The summed E-state index contributed by atoms with van der Waals surface area (Å²) in [4.78, 5) is 26.1. The molecule has 2 heterocycles. The summed E-state index contributed by atoms with van der Waals surface area (Å²) in [5, 5.41) is 2.87. The molecule has 2 aliphatic heterocycles. The van der Waals surface area contributed by atoms with Crippen LogP contribution in [-0.4, -0.2) is 42.6 Å². The van der Waals surface area contributed by atoms with Crippen LogP contribution in [0.4, 0.5) is 4.39 Å². The molecule has 134 valence electrons. The van der Waals surface area contributed by atoms with Crippen LogP contribution < -0.4 is 10.1 Å². The van der Waals surface area contributed by atoms with Crippen LogP contribution in [0.25, 0.3) is 0 Å². The van der Waals surface area contributed by atoms with Gasteiger partial charge in [-0.05, 0) is 37.0 Å². The first-order valence-electron chi connectivity index (χ1n) is 8.71. The second-order valence-corrected chi connectivity index (χ2v) is 6.88. The number of halogens is 1. The number of carbonyl (C=O) groups excluding carboxylic acids is 2. The quantitative estimate of drug-likeness (QED) is 0.873. The van der Waals surface area contributed by atoms with E-state index in [0.29, 0.717) is 43.5 Å². The minimum atomic E-state index is -0.337. The van der Waals surface area contributed by atoms with Crippen LogP contribution in [0.3, 0.4) is 0 Å². The largest absolute Gasteiger partial charge is 0.467 e. The van der Waals surface area contributed by atoms with Crippen molar-refractivity contribution < 1.29 is 23.5 Å². The van der Waals surface area contributed by atoms with E-state index >= 15 is 0 Å². The predicted octanol–water partition coefficient (Wildman–Crippen LogP) is 1.36. The van der Waals surface area contributed by atoms with E-state index in [0.717, 1.165) is 18.4 Å². The standard InChI is InChI=1S/C18H21FN2O4/c19-14-5-11(17-13(6-14)9-24-10-25-17)3-4-20-18(23)12-7-16(22)21(8-12)15-1-2-15/h5-6,12,15H,1-4,7-10H2,(H,20,23)/t12-/m0/s1. The first kappa shape index (κ1) is 16.3. The Labute approximate surface area is 145 Å². The highest BCUT2D eigenvalue weighted by Crippen LogP contribution is 2.33. The molecule has 3 aliphatic rings. The molecule has 7 heteroatoms. The molecular formula is C18H21FN2O4. The predicted molar refractivity (Wildman–Crippen MR) is 86.2 cm³/mol. The fourth-order valence-corrected chi connectivity index (χ4v) is 3.55. The van der Waals surface area contributed by atoms with E-state index in [9.17, 15) is 14.0 Å². The lowest BCUT2D eigenvalue weighted by Crippen LogP contribution is -2.34. The van der Waals surface area contributed by atoms with E-state index in [1.54, 1.807) is 0 Å². The smallest absolute Gasteiger partial charge is 0.225 e. The van der Waals surface area contributed by atoms with Crippen LogP contribution in [0.2, 0.25) is 0 Å². The molecular weight excluding hydrogens is 327 g/mol. The monoisotopic (exact) mass is 348 g/mol. The molecule has 4 rings (SSSR count). The molecule has 1 saturated heterocycles. The van der Waals surface area contributed by atoms with Crippen molar-refractivity contribution in [2.24, 2.45) is 5.92 Å². The number of hydrogen-bond acceptors (Lipinski definition) is 4. The van der Waals surface area contributed by atoms with Crippen molar-refractivity contribution in [2.75, 3.05) is 19.9 Å². The van der Waals surface area contributed by atoms with Gasteiger partial charge in [0.05, 0.1) is 12.5 Å². The molecule has 1 aromatic rings. The van der Waals surface area contributed by atoms with Gasteiger partial charge in [0.1, 0.15) is 11.6 Å². The number of rotatable bonds is 5. The van der Waals surface area contributed by atoms with Gasteiger partial charge in [0.25, 0.3) is 0 Å². The number of carbonyl (C=O) groups is 2. The Kier molecular flexibility index (Phi) is 4.33. The maximum atomic E-state index is 13.7. The molecule has 0 aromatic heterocycles. The van der Waals surface area contributed by atoms with E-state index in [2.05, 4.69) is 5.32 Å². The zero-order valence-corrected chi connectivity index (χ0v) is 13.9. The van der Waals surface area contributed by atoms with Gasteiger partial charge in [-0.3, -0.25) is 9.59 Å². The highest BCUT2D eigenvalue weighted by molar-refractivity contribution is 5.89. The molecule has 1 N–H and O–H groups in total. The van der Waals surface area contributed by atoms with Gasteiger partial charge >= 0.3 is 0 Å². The molecule has 1 aromatic carbocycles. The number of nitrogens with zero attached hydrogens (tertiary/aromatic N) is 1. The Morgan fingerprint density at radius 2 is 2.20 bits per heavy atom. The van der Waals surface area contributed by atoms with E-state index in [4.69, 9.17) is 9.47 Å². The topological polar surface area (TPSA) is 67.9 Å². The van der Waals surface area contributed by atoms with E-state index < -0.39 is 0 Å². The molecule has 1 saturated carbocycles. The lowest BCUT2D eigenvalue weighted by atomic mass is 10.0. The third-order valence-corrected chi connectivity index (χ3v) is 4.96. The lowest BCUT2D eigenvalue weighted by Gasteiger charge is -2.21. The van der Waals surface area contributed by atoms with Gasteiger partial charge in [0, 0.05) is 31.1 Å². The van der Waals surface area contributed by atoms with Crippen LogP contribution in [0.15, 0.2) is 12.1 Å². The minimum absolute atomic E-state index is 0.0789. The lowest BCUT2D eigenvalue weighted by molar-refractivity contribution is -0.129. The van der Waals surface area contributed by atoms with Crippen molar-refractivity contribution in [1.29, 1.82) is 0 Å². The molecule has 25 heavy (non-hydrogen) atoms. The first-order valence-corrected chi connectivity index (χ1v) is 8.71. The van der Waals surface area contributed by atoms with E-state index in [1.807, 2.05) is 4.90 Å². The number of hydrogen-bond donors (Lipinski definition) is 1. The van der Waals surface area contributed by atoms with Crippen molar-refractivity contribution in [3.63, 3.8) is 0 Å². The molecule has 0 radical (unpaired) electrons. The Morgan fingerprint density at radius 1 is 1.36 bits per heavy atom. The van der Waals surface area contributed by atoms with Crippen molar-refractivity contribution >= 4 is 11.8 Å². The number of fused-ring (bicyclic) bond motifs is 1. The number of likely N-dealkylation sites (tertiary alicyclic amines) is 1. The molecule has 0 bridgehead atoms. The summed E-state index contributed by atoms with van der Waals surface area (Å²) in [5.74, 6) is 0.00828. The third kappa shape index (κ3) is 3.46. The van der Waals surface area contributed by atoms with Crippen molar-refractivity contribution in [2.45, 2.75) is 38.3 Å². The average molecular weight is 348 g/mol. The van der Waals surface area contributed by atoms with Gasteiger partial charge in [-0.25, -0.2) is 4.39 Å². The Hall–Kier alpha value is -2.15.